The fourth-order valence-electron chi connectivity index (χ4n) is 3.13. The molecular formula is C24H44. The van der Waals surface area contributed by atoms with Crippen LogP contribution in [-0.2, 0) is 0 Å². The second-order valence-corrected chi connectivity index (χ2v) is 7.14. The number of unbranched alkanes of at least 4 members (excludes halogenated alkanes) is 16. The third-order valence-corrected chi connectivity index (χ3v) is 4.72. The average molecular weight is 333 g/mol. The molecule has 0 aliphatic carbocycles. The van der Waals surface area contributed by atoms with E-state index >= 15 is 0 Å². The van der Waals surface area contributed by atoms with Gasteiger partial charge < -0.3 is 0 Å². The van der Waals surface area contributed by atoms with Gasteiger partial charge in [-0.3, -0.25) is 0 Å². The zero-order valence-corrected chi connectivity index (χ0v) is 16.6. The molecule has 0 atom stereocenters. The third-order valence-electron chi connectivity index (χ3n) is 4.72. The Hall–Kier alpha value is -0.780. The first kappa shape index (κ1) is 23.2. The van der Waals surface area contributed by atoms with Crippen LogP contribution in [0, 0.1) is 0 Å². The van der Waals surface area contributed by atoms with Crippen LogP contribution >= 0.6 is 0 Å². The van der Waals surface area contributed by atoms with Crippen LogP contribution in [0.5, 0.6) is 0 Å². The van der Waals surface area contributed by atoms with Crippen molar-refractivity contribution in [1.82, 2.24) is 0 Å². The zero-order chi connectivity index (χ0) is 17.6. The molecule has 0 saturated heterocycles. The molecule has 0 N–H and O–H groups in total. The highest BCUT2D eigenvalue weighted by Crippen LogP contribution is 2.14. The van der Waals surface area contributed by atoms with Crippen molar-refractivity contribution in [1.29, 1.82) is 0 Å². The summed E-state index contributed by atoms with van der Waals surface area (Å²) in [5, 5.41) is 0. The van der Waals surface area contributed by atoms with E-state index in [1.54, 1.807) is 0 Å². The van der Waals surface area contributed by atoms with Crippen LogP contribution in [-0.4, -0.2) is 0 Å². The lowest BCUT2D eigenvalue weighted by Gasteiger charge is -2.03. The molecule has 0 aliphatic heterocycles. The molecule has 140 valence electrons. The van der Waals surface area contributed by atoms with Crippen LogP contribution in [0.1, 0.15) is 116 Å². The monoisotopic (exact) mass is 332 g/mol. The van der Waals surface area contributed by atoms with E-state index in [2.05, 4.69) is 31.7 Å². The van der Waals surface area contributed by atoms with E-state index in [0.29, 0.717) is 0 Å². The third kappa shape index (κ3) is 21.2. The molecule has 0 heterocycles. The molecule has 0 aromatic carbocycles. The lowest BCUT2D eigenvalue weighted by molar-refractivity contribution is 0.530. The maximum Gasteiger partial charge on any atom is -0.0348 e. The van der Waals surface area contributed by atoms with Gasteiger partial charge in [-0.05, 0) is 12.8 Å². The standard InChI is InChI=1S/C24H44/c1-3-5-7-9-11-13-15-17-19-21-23-24-22-20-18-16-14-12-10-8-6-4-2/h3,5,7,9,11H,1,4,6,8,10,12-24H2,2H3. The molecule has 0 aromatic heterocycles. The summed E-state index contributed by atoms with van der Waals surface area (Å²) in [6.45, 7) is 5.95. The summed E-state index contributed by atoms with van der Waals surface area (Å²) in [5.74, 6) is 0. The summed E-state index contributed by atoms with van der Waals surface area (Å²) >= 11 is 0. The topological polar surface area (TPSA) is 0 Å². The Morgan fingerprint density at radius 3 is 1.33 bits per heavy atom. The van der Waals surface area contributed by atoms with Gasteiger partial charge in [-0.25, -0.2) is 0 Å². The van der Waals surface area contributed by atoms with Gasteiger partial charge in [-0.2, -0.15) is 0 Å². The predicted molar refractivity (Wildman–Crippen MR) is 113 cm³/mol. The van der Waals surface area contributed by atoms with Crippen LogP contribution in [0.2, 0.25) is 0 Å². The maximum absolute atomic E-state index is 3.66. The Balaban J connectivity index is 3.04. The van der Waals surface area contributed by atoms with Crippen molar-refractivity contribution in [3.8, 4) is 0 Å². The highest BCUT2D eigenvalue weighted by atomic mass is 14.0. The van der Waals surface area contributed by atoms with E-state index in [1.807, 2.05) is 12.2 Å². The molecular weight excluding hydrogens is 288 g/mol. The normalized spacial score (nSPS) is 11.7. The zero-order valence-electron chi connectivity index (χ0n) is 16.6. The molecule has 0 fully saturated rings. The molecule has 0 amide bonds. The van der Waals surface area contributed by atoms with E-state index in [4.69, 9.17) is 0 Å². The Morgan fingerprint density at radius 1 is 0.500 bits per heavy atom. The fraction of sp³-hybridized carbons (Fsp3) is 0.750. The molecule has 0 bridgehead atoms. The Bertz CT molecular complexity index is 284. The van der Waals surface area contributed by atoms with Crippen molar-refractivity contribution < 1.29 is 0 Å². The molecule has 0 saturated carbocycles. The SMILES string of the molecule is C=CC=CC=CCCCCCCCCCCCCCCCCCC. The Kier molecular flexibility index (Phi) is 21.5. The quantitative estimate of drug-likeness (QED) is 0.163. The molecule has 0 radical (unpaired) electrons. The van der Waals surface area contributed by atoms with Gasteiger partial charge in [0.25, 0.3) is 0 Å². The fourth-order valence-corrected chi connectivity index (χ4v) is 3.13. The molecule has 0 spiro atoms. The molecule has 0 aromatic rings. The minimum Gasteiger partial charge on any atom is -0.0991 e. The minimum absolute atomic E-state index is 1.22. The van der Waals surface area contributed by atoms with E-state index in [0.717, 1.165) is 0 Å². The molecule has 0 rings (SSSR count). The summed E-state index contributed by atoms with van der Waals surface area (Å²) < 4.78 is 0. The van der Waals surface area contributed by atoms with E-state index in [1.165, 1.54) is 109 Å². The van der Waals surface area contributed by atoms with Gasteiger partial charge in [0, 0.05) is 0 Å². The highest BCUT2D eigenvalue weighted by Gasteiger charge is 1.94. The van der Waals surface area contributed by atoms with Crippen LogP contribution in [0.4, 0.5) is 0 Å². The molecule has 0 unspecified atom stereocenters. The summed E-state index contributed by atoms with van der Waals surface area (Å²) in [6.07, 6.45) is 34.5. The van der Waals surface area contributed by atoms with Crippen LogP contribution in [0.25, 0.3) is 0 Å². The van der Waals surface area contributed by atoms with Crippen molar-refractivity contribution in [2.24, 2.45) is 0 Å². The van der Waals surface area contributed by atoms with Crippen molar-refractivity contribution in [3.05, 3.63) is 37.0 Å². The van der Waals surface area contributed by atoms with Gasteiger partial charge in [0.1, 0.15) is 0 Å². The first-order valence-corrected chi connectivity index (χ1v) is 10.9. The van der Waals surface area contributed by atoms with Gasteiger partial charge in [0.2, 0.25) is 0 Å². The van der Waals surface area contributed by atoms with Crippen molar-refractivity contribution in [2.75, 3.05) is 0 Å². The van der Waals surface area contributed by atoms with Crippen LogP contribution < -0.4 is 0 Å². The van der Waals surface area contributed by atoms with Gasteiger partial charge in [0.15, 0.2) is 0 Å². The van der Waals surface area contributed by atoms with Crippen LogP contribution in [0.3, 0.4) is 0 Å². The molecule has 0 aliphatic rings. The van der Waals surface area contributed by atoms with E-state index < -0.39 is 0 Å². The Labute approximate surface area is 153 Å². The second-order valence-electron chi connectivity index (χ2n) is 7.14. The summed E-state index contributed by atoms with van der Waals surface area (Å²) in [5.41, 5.74) is 0. The number of hydrogen-bond donors (Lipinski definition) is 0. The maximum atomic E-state index is 3.66. The largest absolute Gasteiger partial charge is 0.0991 e. The summed E-state index contributed by atoms with van der Waals surface area (Å²) in [4.78, 5) is 0. The van der Waals surface area contributed by atoms with Gasteiger partial charge >= 0.3 is 0 Å². The van der Waals surface area contributed by atoms with Crippen molar-refractivity contribution in [2.45, 2.75) is 116 Å². The van der Waals surface area contributed by atoms with Gasteiger partial charge in [-0.1, -0.05) is 140 Å². The first-order valence-electron chi connectivity index (χ1n) is 10.9. The smallest absolute Gasteiger partial charge is 0.0348 e. The van der Waals surface area contributed by atoms with Gasteiger partial charge in [-0.15, -0.1) is 0 Å². The minimum atomic E-state index is 1.22. The lowest BCUT2D eigenvalue weighted by atomic mass is 10.0. The van der Waals surface area contributed by atoms with E-state index in [9.17, 15) is 0 Å². The summed E-state index contributed by atoms with van der Waals surface area (Å²) in [6, 6.07) is 0. The predicted octanol–water partition coefficient (Wildman–Crippen LogP) is 8.94. The number of hydrogen-bond acceptors (Lipinski definition) is 0. The summed E-state index contributed by atoms with van der Waals surface area (Å²) in [7, 11) is 0. The highest BCUT2D eigenvalue weighted by molar-refractivity contribution is 5.08. The van der Waals surface area contributed by atoms with Crippen molar-refractivity contribution >= 4 is 0 Å². The average Bonchev–Trinajstić information content (AvgIpc) is 2.60. The Morgan fingerprint density at radius 2 is 0.917 bits per heavy atom. The molecule has 0 heteroatoms. The second kappa shape index (κ2) is 22.2. The lowest BCUT2D eigenvalue weighted by Crippen LogP contribution is -1.83. The number of allylic oxidation sites excluding steroid dienone is 5. The van der Waals surface area contributed by atoms with Gasteiger partial charge in [0.05, 0.1) is 0 Å². The molecule has 0 nitrogen and oxygen atoms in total. The van der Waals surface area contributed by atoms with Crippen LogP contribution in [0.15, 0.2) is 37.0 Å². The van der Waals surface area contributed by atoms with E-state index in [-0.39, 0.29) is 0 Å². The number of rotatable bonds is 19. The van der Waals surface area contributed by atoms with Crippen molar-refractivity contribution in [3.63, 3.8) is 0 Å². The molecule has 24 heavy (non-hydrogen) atoms. The first-order chi connectivity index (χ1) is 11.9.